The third-order valence-electron chi connectivity index (χ3n) is 2.16. The fourth-order valence-electron chi connectivity index (χ4n) is 1.39. The number of hydrogen-bond acceptors (Lipinski definition) is 2. The molecular weight excluding hydrogens is 214 g/mol. The SMILES string of the molecule is C#Cc1cccc(N)c1Sc1ccccc1. The summed E-state index contributed by atoms with van der Waals surface area (Å²) in [6, 6.07) is 15.7. The zero-order valence-electron chi connectivity index (χ0n) is 8.68. The van der Waals surface area contributed by atoms with E-state index in [0.29, 0.717) is 0 Å². The lowest BCUT2D eigenvalue weighted by atomic mass is 10.2. The molecule has 0 saturated heterocycles. The second kappa shape index (κ2) is 4.78. The molecule has 0 saturated carbocycles. The highest BCUT2D eigenvalue weighted by molar-refractivity contribution is 7.99. The number of benzene rings is 2. The molecular formula is C14H11NS. The van der Waals surface area contributed by atoms with Gasteiger partial charge in [0.15, 0.2) is 0 Å². The van der Waals surface area contributed by atoms with Crippen LogP contribution in [0.5, 0.6) is 0 Å². The smallest absolute Gasteiger partial charge is 0.0508 e. The summed E-state index contributed by atoms with van der Waals surface area (Å²) < 4.78 is 0. The van der Waals surface area contributed by atoms with Crippen LogP contribution in [-0.4, -0.2) is 0 Å². The molecule has 0 spiro atoms. The molecule has 2 rings (SSSR count). The van der Waals surface area contributed by atoms with Crippen LogP contribution in [0.2, 0.25) is 0 Å². The second-order valence-corrected chi connectivity index (χ2v) is 4.37. The van der Waals surface area contributed by atoms with Crippen molar-refractivity contribution in [2.75, 3.05) is 5.73 Å². The van der Waals surface area contributed by atoms with E-state index in [2.05, 4.69) is 5.92 Å². The van der Waals surface area contributed by atoms with Gasteiger partial charge in [0.25, 0.3) is 0 Å². The first kappa shape index (κ1) is 10.7. The Hall–Kier alpha value is -1.85. The summed E-state index contributed by atoms with van der Waals surface area (Å²) >= 11 is 1.60. The van der Waals surface area contributed by atoms with E-state index in [0.717, 1.165) is 21.0 Å². The van der Waals surface area contributed by atoms with Crippen LogP contribution in [0, 0.1) is 12.3 Å². The van der Waals surface area contributed by atoms with Gasteiger partial charge in [-0.05, 0) is 24.3 Å². The van der Waals surface area contributed by atoms with E-state index in [1.54, 1.807) is 11.8 Å². The fourth-order valence-corrected chi connectivity index (χ4v) is 2.34. The van der Waals surface area contributed by atoms with E-state index in [4.69, 9.17) is 12.2 Å². The summed E-state index contributed by atoms with van der Waals surface area (Å²) in [5.41, 5.74) is 7.50. The van der Waals surface area contributed by atoms with Gasteiger partial charge in [-0.15, -0.1) is 6.42 Å². The molecule has 0 aromatic heterocycles. The van der Waals surface area contributed by atoms with Gasteiger partial charge in [0.2, 0.25) is 0 Å². The van der Waals surface area contributed by atoms with Crippen LogP contribution in [0.25, 0.3) is 0 Å². The standard InChI is InChI=1S/C14H11NS/c1-2-11-7-6-10-13(15)14(11)16-12-8-4-3-5-9-12/h1,3-10H,15H2. The van der Waals surface area contributed by atoms with E-state index >= 15 is 0 Å². The predicted molar refractivity (Wildman–Crippen MR) is 69.4 cm³/mol. The quantitative estimate of drug-likeness (QED) is 0.626. The van der Waals surface area contributed by atoms with Gasteiger partial charge in [-0.25, -0.2) is 0 Å². The van der Waals surface area contributed by atoms with Crippen LogP contribution in [0.15, 0.2) is 58.3 Å². The summed E-state index contributed by atoms with van der Waals surface area (Å²) in [5.74, 6) is 2.66. The first-order valence-corrected chi connectivity index (χ1v) is 5.71. The normalized spacial score (nSPS) is 9.69. The Bertz CT molecular complexity index is 526. The van der Waals surface area contributed by atoms with E-state index < -0.39 is 0 Å². The van der Waals surface area contributed by atoms with E-state index in [1.165, 1.54) is 0 Å². The molecule has 16 heavy (non-hydrogen) atoms. The maximum Gasteiger partial charge on any atom is 0.0508 e. The first-order chi connectivity index (χ1) is 7.81. The molecule has 2 aromatic rings. The number of nitrogens with two attached hydrogens (primary N) is 1. The molecule has 0 amide bonds. The third kappa shape index (κ3) is 2.21. The van der Waals surface area contributed by atoms with Crippen LogP contribution in [0.1, 0.15) is 5.56 Å². The number of rotatable bonds is 2. The number of anilines is 1. The van der Waals surface area contributed by atoms with Crippen molar-refractivity contribution in [3.05, 3.63) is 54.1 Å². The molecule has 2 N–H and O–H groups in total. The van der Waals surface area contributed by atoms with Crippen molar-refractivity contribution >= 4 is 17.4 Å². The summed E-state index contributed by atoms with van der Waals surface area (Å²) in [4.78, 5) is 2.09. The van der Waals surface area contributed by atoms with Crippen molar-refractivity contribution in [3.63, 3.8) is 0 Å². The van der Waals surface area contributed by atoms with Gasteiger partial charge < -0.3 is 5.73 Å². The fraction of sp³-hybridized carbons (Fsp3) is 0. The molecule has 0 aliphatic rings. The van der Waals surface area contributed by atoms with Gasteiger partial charge in [0.1, 0.15) is 0 Å². The minimum absolute atomic E-state index is 0.726. The number of hydrogen-bond donors (Lipinski definition) is 1. The monoisotopic (exact) mass is 225 g/mol. The molecule has 2 aromatic carbocycles. The number of terminal acetylenes is 1. The highest BCUT2D eigenvalue weighted by Gasteiger charge is 2.05. The van der Waals surface area contributed by atoms with Crippen molar-refractivity contribution < 1.29 is 0 Å². The maximum absolute atomic E-state index is 5.93. The topological polar surface area (TPSA) is 26.0 Å². The molecule has 1 nitrogen and oxygen atoms in total. The van der Waals surface area contributed by atoms with E-state index in [-0.39, 0.29) is 0 Å². The largest absolute Gasteiger partial charge is 0.398 e. The molecule has 0 radical (unpaired) electrons. The molecule has 0 atom stereocenters. The third-order valence-corrected chi connectivity index (χ3v) is 3.33. The Balaban J connectivity index is 2.39. The maximum atomic E-state index is 5.93. The zero-order chi connectivity index (χ0) is 11.4. The molecule has 0 aliphatic heterocycles. The first-order valence-electron chi connectivity index (χ1n) is 4.89. The highest BCUT2D eigenvalue weighted by Crippen LogP contribution is 2.34. The minimum atomic E-state index is 0.726. The Kier molecular flexibility index (Phi) is 3.19. The Morgan fingerprint density at radius 2 is 1.75 bits per heavy atom. The average Bonchev–Trinajstić information content (AvgIpc) is 2.33. The van der Waals surface area contributed by atoms with Crippen LogP contribution in [0.4, 0.5) is 5.69 Å². The molecule has 78 valence electrons. The van der Waals surface area contributed by atoms with Crippen molar-refractivity contribution in [1.29, 1.82) is 0 Å². The molecule has 0 unspecified atom stereocenters. The van der Waals surface area contributed by atoms with E-state index in [9.17, 15) is 0 Å². The van der Waals surface area contributed by atoms with E-state index in [1.807, 2.05) is 48.5 Å². The molecule has 0 fully saturated rings. The summed E-state index contributed by atoms with van der Waals surface area (Å²) in [6.45, 7) is 0. The Labute approximate surface area is 99.7 Å². The molecule has 0 bridgehead atoms. The molecule has 2 heteroatoms. The summed E-state index contributed by atoms with van der Waals surface area (Å²) in [6.07, 6.45) is 5.45. The summed E-state index contributed by atoms with van der Waals surface area (Å²) in [5, 5.41) is 0. The Morgan fingerprint density at radius 1 is 1.00 bits per heavy atom. The second-order valence-electron chi connectivity index (χ2n) is 3.28. The van der Waals surface area contributed by atoms with Crippen LogP contribution in [-0.2, 0) is 0 Å². The van der Waals surface area contributed by atoms with Crippen LogP contribution >= 0.6 is 11.8 Å². The van der Waals surface area contributed by atoms with Crippen LogP contribution in [0.3, 0.4) is 0 Å². The minimum Gasteiger partial charge on any atom is -0.398 e. The summed E-state index contributed by atoms with van der Waals surface area (Å²) in [7, 11) is 0. The average molecular weight is 225 g/mol. The predicted octanol–water partition coefficient (Wildman–Crippen LogP) is 3.40. The van der Waals surface area contributed by atoms with Gasteiger partial charge in [-0.1, -0.05) is 41.9 Å². The van der Waals surface area contributed by atoms with Gasteiger partial charge in [0, 0.05) is 16.1 Å². The van der Waals surface area contributed by atoms with Crippen molar-refractivity contribution in [2.45, 2.75) is 9.79 Å². The molecule has 0 aliphatic carbocycles. The zero-order valence-corrected chi connectivity index (χ0v) is 9.50. The lowest BCUT2D eigenvalue weighted by molar-refractivity contribution is 1.38. The van der Waals surface area contributed by atoms with Gasteiger partial charge >= 0.3 is 0 Å². The highest BCUT2D eigenvalue weighted by atomic mass is 32.2. The lowest BCUT2D eigenvalue weighted by Crippen LogP contribution is -1.91. The van der Waals surface area contributed by atoms with Crippen molar-refractivity contribution in [3.8, 4) is 12.3 Å². The van der Waals surface area contributed by atoms with Crippen LogP contribution < -0.4 is 5.73 Å². The van der Waals surface area contributed by atoms with Gasteiger partial charge in [-0.3, -0.25) is 0 Å². The van der Waals surface area contributed by atoms with Gasteiger partial charge in [-0.2, -0.15) is 0 Å². The molecule has 0 heterocycles. The number of nitrogen functional groups attached to an aromatic ring is 1. The van der Waals surface area contributed by atoms with Crippen molar-refractivity contribution in [1.82, 2.24) is 0 Å². The van der Waals surface area contributed by atoms with Gasteiger partial charge in [0.05, 0.1) is 4.90 Å². The van der Waals surface area contributed by atoms with Crippen molar-refractivity contribution in [2.24, 2.45) is 0 Å². The Morgan fingerprint density at radius 3 is 2.44 bits per heavy atom. The lowest BCUT2D eigenvalue weighted by Gasteiger charge is -2.07.